The maximum absolute atomic E-state index is 12.4. The molecule has 0 saturated carbocycles. The Kier molecular flexibility index (Phi) is 5.92. The predicted octanol–water partition coefficient (Wildman–Crippen LogP) is 4.49. The number of hydrogen-bond acceptors (Lipinski definition) is 7. The SMILES string of the molecule is COC(=O)c1cnc2c(c1)c1ncc(-c3c(C)nnn3C)cc1n2C(c1ccccc1)C1CCOCC1. The number of nitrogens with zero attached hydrogens (tertiary/aromatic N) is 6. The van der Waals surface area contributed by atoms with Crippen LogP contribution in [0, 0.1) is 12.8 Å². The summed E-state index contributed by atoms with van der Waals surface area (Å²) in [7, 11) is 3.26. The zero-order chi connectivity index (χ0) is 25.5. The number of aryl methyl sites for hydroxylation is 2. The average Bonchev–Trinajstić information content (AvgIpc) is 3.45. The van der Waals surface area contributed by atoms with Crippen molar-refractivity contribution in [2.75, 3.05) is 20.3 Å². The molecule has 5 heterocycles. The van der Waals surface area contributed by atoms with E-state index in [-0.39, 0.29) is 6.04 Å². The van der Waals surface area contributed by atoms with Crippen LogP contribution in [0.1, 0.15) is 40.5 Å². The topological polar surface area (TPSA) is 97.0 Å². The van der Waals surface area contributed by atoms with E-state index < -0.39 is 5.97 Å². The largest absolute Gasteiger partial charge is 0.465 e. The van der Waals surface area contributed by atoms with Gasteiger partial charge >= 0.3 is 5.97 Å². The molecule has 1 aliphatic heterocycles. The molecule has 0 bridgehead atoms. The molecular formula is C28H28N6O3. The molecule has 188 valence electrons. The van der Waals surface area contributed by atoms with Crippen LogP contribution in [0.2, 0.25) is 0 Å². The van der Waals surface area contributed by atoms with Crippen LogP contribution in [-0.4, -0.2) is 55.8 Å². The number of esters is 1. The lowest BCUT2D eigenvalue weighted by atomic mass is 9.86. The molecule has 1 fully saturated rings. The minimum atomic E-state index is -0.424. The van der Waals surface area contributed by atoms with Crippen molar-refractivity contribution in [2.45, 2.75) is 25.8 Å². The number of methoxy groups -OCH3 is 1. The van der Waals surface area contributed by atoms with Gasteiger partial charge in [-0.1, -0.05) is 35.5 Å². The number of aromatic nitrogens is 6. The summed E-state index contributed by atoms with van der Waals surface area (Å²) in [6, 6.07) is 14.5. The normalized spacial score (nSPS) is 15.3. The van der Waals surface area contributed by atoms with E-state index in [9.17, 15) is 4.79 Å². The standard InChI is InChI=1S/C28H28N6O3/c1-17-25(33(2)32-31-17)20-14-23-24(29-15-20)22-13-21(28(35)36-3)16-30-27(22)34(23)26(18-7-5-4-6-8-18)19-9-11-37-12-10-19/h4-8,13-16,19,26H,9-12H2,1-3H3. The third kappa shape index (κ3) is 3.95. The van der Waals surface area contributed by atoms with Gasteiger partial charge in [-0.05, 0) is 43.4 Å². The summed E-state index contributed by atoms with van der Waals surface area (Å²) in [6.07, 6.45) is 5.32. The molecule has 37 heavy (non-hydrogen) atoms. The van der Waals surface area contributed by atoms with Crippen molar-refractivity contribution in [3.63, 3.8) is 0 Å². The van der Waals surface area contributed by atoms with Crippen LogP contribution in [0.15, 0.2) is 54.9 Å². The molecule has 0 aliphatic carbocycles. The first kappa shape index (κ1) is 23.3. The number of carbonyl (C=O) groups excluding carboxylic acids is 1. The quantitative estimate of drug-likeness (QED) is 0.331. The van der Waals surface area contributed by atoms with Gasteiger partial charge in [-0.25, -0.2) is 14.5 Å². The second kappa shape index (κ2) is 9.40. The van der Waals surface area contributed by atoms with Crippen LogP contribution in [0.25, 0.3) is 33.3 Å². The second-order valence-corrected chi connectivity index (χ2v) is 9.50. The van der Waals surface area contributed by atoms with Gasteiger partial charge in [0, 0.05) is 43.6 Å². The molecule has 9 nitrogen and oxygen atoms in total. The lowest BCUT2D eigenvalue weighted by Gasteiger charge is -2.32. The number of rotatable bonds is 5. The fourth-order valence-electron chi connectivity index (χ4n) is 5.59. The molecule has 1 unspecified atom stereocenters. The van der Waals surface area contributed by atoms with Crippen molar-refractivity contribution in [2.24, 2.45) is 13.0 Å². The Morgan fingerprint density at radius 2 is 1.89 bits per heavy atom. The van der Waals surface area contributed by atoms with Crippen molar-refractivity contribution in [3.05, 3.63) is 71.7 Å². The summed E-state index contributed by atoms with van der Waals surface area (Å²) in [5.41, 5.74) is 6.80. The molecule has 1 aliphatic rings. The number of hydrogen-bond donors (Lipinski definition) is 0. The van der Waals surface area contributed by atoms with Crippen LogP contribution in [0.3, 0.4) is 0 Å². The predicted molar refractivity (Wildman–Crippen MR) is 139 cm³/mol. The van der Waals surface area contributed by atoms with Gasteiger partial charge in [-0.15, -0.1) is 5.10 Å². The van der Waals surface area contributed by atoms with Crippen LogP contribution in [0.5, 0.6) is 0 Å². The highest BCUT2D eigenvalue weighted by molar-refractivity contribution is 6.07. The van der Waals surface area contributed by atoms with E-state index >= 15 is 0 Å². The highest BCUT2D eigenvalue weighted by atomic mass is 16.5. The van der Waals surface area contributed by atoms with E-state index in [0.29, 0.717) is 11.5 Å². The minimum Gasteiger partial charge on any atom is -0.465 e. The molecule has 0 amide bonds. The summed E-state index contributed by atoms with van der Waals surface area (Å²) in [5, 5.41) is 9.24. The number of benzene rings is 1. The third-order valence-corrected chi connectivity index (χ3v) is 7.30. The summed E-state index contributed by atoms with van der Waals surface area (Å²) in [4.78, 5) is 22.1. The number of fused-ring (bicyclic) bond motifs is 3. The summed E-state index contributed by atoms with van der Waals surface area (Å²) in [5.74, 6) is -0.0756. The van der Waals surface area contributed by atoms with Gasteiger partial charge in [-0.2, -0.15) is 0 Å². The molecule has 1 aromatic carbocycles. The smallest absolute Gasteiger partial charge is 0.339 e. The van der Waals surface area contributed by atoms with Crippen LogP contribution >= 0.6 is 0 Å². The average molecular weight is 497 g/mol. The Balaban J connectivity index is 1.67. The maximum atomic E-state index is 12.4. The van der Waals surface area contributed by atoms with Gasteiger partial charge in [0.25, 0.3) is 0 Å². The van der Waals surface area contributed by atoms with E-state index in [4.69, 9.17) is 19.4 Å². The molecule has 1 saturated heterocycles. The number of ether oxygens (including phenoxy) is 2. The van der Waals surface area contributed by atoms with E-state index in [0.717, 1.165) is 65.1 Å². The Hall–Kier alpha value is -4.11. The molecule has 9 heteroatoms. The van der Waals surface area contributed by atoms with Gasteiger partial charge in [0.1, 0.15) is 5.65 Å². The van der Waals surface area contributed by atoms with E-state index in [1.54, 1.807) is 10.9 Å². The molecule has 0 N–H and O–H groups in total. The fraction of sp³-hybridized carbons (Fsp3) is 0.321. The summed E-state index contributed by atoms with van der Waals surface area (Å²) >= 11 is 0. The maximum Gasteiger partial charge on any atom is 0.339 e. The van der Waals surface area contributed by atoms with Crippen LogP contribution in [-0.2, 0) is 16.5 Å². The van der Waals surface area contributed by atoms with Crippen molar-refractivity contribution >= 4 is 28.0 Å². The molecule has 4 aromatic heterocycles. The zero-order valence-electron chi connectivity index (χ0n) is 21.1. The first-order valence-electron chi connectivity index (χ1n) is 12.4. The summed E-state index contributed by atoms with van der Waals surface area (Å²) in [6.45, 7) is 3.41. The van der Waals surface area contributed by atoms with Crippen molar-refractivity contribution in [1.82, 2.24) is 29.5 Å². The van der Waals surface area contributed by atoms with Gasteiger partial charge in [0.2, 0.25) is 0 Å². The second-order valence-electron chi connectivity index (χ2n) is 9.50. The Bertz CT molecular complexity index is 1580. The highest BCUT2D eigenvalue weighted by Gasteiger charge is 2.31. The Morgan fingerprint density at radius 1 is 1.11 bits per heavy atom. The van der Waals surface area contributed by atoms with E-state index in [1.807, 2.05) is 32.3 Å². The first-order chi connectivity index (χ1) is 18.1. The molecule has 0 radical (unpaired) electrons. The monoisotopic (exact) mass is 496 g/mol. The van der Waals surface area contributed by atoms with Crippen LogP contribution in [0.4, 0.5) is 0 Å². The lowest BCUT2D eigenvalue weighted by Crippen LogP contribution is -2.27. The highest BCUT2D eigenvalue weighted by Crippen LogP contribution is 2.40. The van der Waals surface area contributed by atoms with Gasteiger partial charge < -0.3 is 14.0 Å². The van der Waals surface area contributed by atoms with Crippen molar-refractivity contribution in [3.8, 4) is 11.3 Å². The molecule has 5 aromatic rings. The van der Waals surface area contributed by atoms with E-state index in [2.05, 4.69) is 45.2 Å². The number of pyridine rings is 2. The summed E-state index contributed by atoms with van der Waals surface area (Å²) < 4.78 is 14.8. The van der Waals surface area contributed by atoms with E-state index in [1.165, 1.54) is 12.7 Å². The fourth-order valence-corrected chi connectivity index (χ4v) is 5.59. The van der Waals surface area contributed by atoms with Crippen molar-refractivity contribution in [1.29, 1.82) is 0 Å². The third-order valence-electron chi connectivity index (χ3n) is 7.30. The van der Waals surface area contributed by atoms with Crippen molar-refractivity contribution < 1.29 is 14.3 Å². The Morgan fingerprint density at radius 3 is 2.59 bits per heavy atom. The number of carbonyl (C=O) groups is 1. The Labute approximate surface area is 214 Å². The molecule has 1 atom stereocenters. The van der Waals surface area contributed by atoms with Gasteiger partial charge in [-0.3, -0.25) is 4.98 Å². The zero-order valence-corrected chi connectivity index (χ0v) is 21.1. The first-order valence-corrected chi connectivity index (χ1v) is 12.4. The minimum absolute atomic E-state index is 0.0179. The van der Waals surface area contributed by atoms with Crippen LogP contribution < -0.4 is 0 Å². The van der Waals surface area contributed by atoms with Gasteiger partial charge in [0.15, 0.2) is 0 Å². The molecule has 6 rings (SSSR count). The van der Waals surface area contributed by atoms with Gasteiger partial charge in [0.05, 0.1) is 41.1 Å². The molecule has 0 spiro atoms. The molecular weight excluding hydrogens is 468 g/mol. The lowest BCUT2D eigenvalue weighted by molar-refractivity contribution is 0.0552.